The largest absolute Gasteiger partial charge is 0.507 e. The Morgan fingerprint density at radius 3 is 2.04 bits per heavy atom. The molecule has 0 aromatic heterocycles. The van der Waals surface area contributed by atoms with E-state index in [0.29, 0.717) is 21.2 Å². The fourth-order valence-electron chi connectivity index (χ4n) is 2.97. The highest BCUT2D eigenvalue weighted by atomic mass is 35.5. The van der Waals surface area contributed by atoms with Gasteiger partial charge in [-0.2, -0.15) is 0 Å². The number of halogens is 2. The predicted molar refractivity (Wildman–Crippen MR) is 99.0 cm³/mol. The number of ketones is 1. The minimum Gasteiger partial charge on any atom is -0.507 e. The van der Waals surface area contributed by atoms with Gasteiger partial charge in [-0.05, 0) is 42.0 Å². The van der Waals surface area contributed by atoms with Crippen molar-refractivity contribution in [3.8, 4) is 0 Å². The summed E-state index contributed by atoms with van der Waals surface area (Å²) in [6.45, 7) is -0.340. The van der Waals surface area contributed by atoms with E-state index in [9.17, 15) is 19.8 Å². The Morgan fingerprint density at radius 1 is 0.962 bits per heavy atom. The molecule has 3 rings (SSSR count). The first-order chi connectivity index (χ1) is 12.4. The molecule has 1 saturated heterocycles. The Balaban J connectivity index is 2.17. The van der Waals surface area contributed by atoms with Crippen molar-refractivity contribution >= 4 is 40.7 Å². The normalized spacial score (nSPS) is 19.2. The zero-order valence-electron chi connectivity index (χ0n) is 13.5. The van der Waals surface area contributed by atoms with Crippen molar-refractivity contribution in [1.29, 1.82) is 0 Å². The number of β-amino-alcohol motifs (C(OH)–C–C–N with tert-alkyl or cyclic N) is 1. The van der Waals surface area contributed by atoms with Crippen molar-refractivity contribution in [3.05, 3.63) is 75.3 Å². The number of amides is 1. The van der Waals surface area contributed by atoms with E-state index in [1.54, 1.807) is 48.5 Å². The number of carbonyl (C=O) groups is 2. The van der Waals surface area contributed by atoms with Gasteiger partial charge in [0.05, 0.1) is 18.2 Å². The minimum absolute atomic E-state index is 0.0325. The molecule has 1 aliphatic heterocycles. The van der Waals surface area contributed by atoms with Gasteiger partial charge in [0.15, 0.2) is 0 Å². The van der Waals surface area contributed by atoms with E-state index >= 15 is 0 Å². The quantitative estimate of drug-likeness (QED) is 0.475. The van der Waals surface area contributed by atoms with Crippen LogP contribution in [0.4, 0.5) is 0 Å². The highest BCUT2D eigenvalue weighted by Crippen LogP contribution is 2.39. The summed E-state index contributed by atoms with van der Waals surface area (Å²) < 4.78 is 0. The SMILES string of the molecule is O=C1C(=O)N(CCO)C(c2ccc(Cl)cc2)/C1=C(/O)c1ccc(Cl)cc1. The molecule has 2 N–H and O–H groups in total. The van der Waals surface area contributed by atoms with Gasteiger partial charge in [0.25, 0.3) is 11.7 Å². The number of Topliss-reactive ketones (excluding diaryl/α,β-unsaturated/α-hetero) is 1. The van der Waals surface area contributed by atoms with Gasteiger partial charge in [0, 0.05) is 22.2 Å². The second-order valence-corrected chi connectivity index (χ2v) is 6.65. The van der Waals surface area contributed by atoms with Crippen molar-refractivity contribution in [3.63, 3.8) is 0 Å². The molecule has 1 amide bonds. The number of aliphatic hydroxyl groups excluding tert-OH is 2. The summed E-state index contributed by atoms with van der Waals surface area (Å²) in [5.74, 6) is -1.86. The predicted octanol–water partition coefficient (Wildman–Crippen LogP) is 3.41. The molecule has 134 valence electrons. The fraction of sp³-hybridized carbons (Fsp3) is 0.158. The molecule has 0 aliphatic carbocycles. The van der Waals surface area contributed by atoms with E-state index in [1.165, 1.54) is 4.90 Å². The molecule has 2 aromatic carbocycles. The second kappa shape index (κ2) is 7.50. The third-order valence-electron chi connectivity index (χ3n) is 4.18. The Morgan fingerprint density at radius 2 is 1.50 bits per heavy atom. The lowest BCUT2D eigenvalue weighted by Crippen LogP contribution is -2.32. The average molecular weight is 392 g/mol. The molecule has 5 nitrogen and oxygen atoms in total. The van der Waals surface area contributed by atoms with Crippen LogP contribution >= 0.6 is 23.2 Å². The Kier molecular flexibility index (Phi) is 5.32. The molecular formula is C19H15Cl2NO4. The van der Waals surface area contributed by atoms with Crippen LogP contribution in [0.3, 0.4) is 0 Å². The molecule has 7 heteroatoms. The van der Waals surface area contributed by atoms with Gasteiger partial charge in [-0.15, -0.1) is 0 Å². The van der Waals surface area contributed by atoms with Crippen molar-refractivity contribution in [2.24, 2.45) is 0 Å². The maximum absolute atomic E-state index is 12.6. The van der Waals surface area contributed by atoms with Crippen LogP contribution in [0.25, 0.3) is 5.76 Å². The van der Waals surface area contributed by atoms with Crippen molar-refractivity contribution in [1.82, 2.24) is 4.90 Å². The number of benzene rings is 2. The molecule has 0 radical (unpaired) electrons. The number of carbonyl (C=O) groups excluding carboxylic acids is 2. The summed E-state index contributed by atoms with van der Waals surface area (Å²) in [4.78, 5) is 26.2. The Labute approximate surface area is 160 Å². The zero-order valence-corrected chi connectivity index (χ0v) is 15.0. The van der Waals surface area contributed by atoms with Crippen molar-refractivity contribution in [2.75, 3.05) is 13.2 Å². The van der Waals surface area contributed by atoms with Gasteiger partial charge in [0.1, 0.15) is 5.76 Å². The maximum Gasteiger partial charge on any atom is 0.295 e. The van der Waals surface area contributed by atoms with E-state index in [1.807, 2.05) is 0 Å². The Bertz CT molecular complexity index is 875. The molecule has 0 bridgehead atoms. The summed E-state index contributed by atoms with van der Waals surface area (Å²) in [7, 11) is 0. The van der Waals surface area contributed by atoms with Crippen LogP contribution in [0.1, 0.15) is 17.2 Å². The van der Waals surface area contributed by atoms with Crippen LogP contribution in [-0.4, -0.2) is 40.0 Å². The molecule has 0 saturated carbocycles. The number of likely N-dealkylation sites (tertiary alicyclic amines) is 1. The fourth-order valence-corrected chi connectivity index (χ4v) is 3.23. The van der Waals surface area contributed by atoms with Crippen LogP contribution in [-0.2, 0) is 9.59 Å². The van der Waals surface area contributed by atoms with E-state index in [-0.39, 0.29) is 24.5 Å². The van der Waals surface area contributed by atoms with Gasteiger partial charge >= 0.3 is 0 Å². The van der Waals surface area contributed by atoms with Gasteiger partial charge in [-0.25, -0.2) is 0 Å². The number of hydrogen-bond donors (Lipinski definition) is 2. The smallest absolute Gasteiger partial charge is 0.295 e. The molecule has 0 spiro atoms. The van der Waals surface area contributed by atoms with Crippen LogP contribution in [0, 0.1) is 0 Å². The Hall–Kier alpha value is -2.34. The van der Waals surface area contributed by atoms with Gasteiger partial charge in [-0.1, -0.05) is 35.3 Å². The van der Waals surface area contributed by atoms with Crippen molar-refractivity contribution in [2.45, 2.75) is 6.04 Å². The summed E-state index contributed by atoms with van der Waals surface area (Å²) in [5, 5.41) is 21.0. The molecule has 1 aliphatic rings. The first-order valence-corrected chi connectivity index (χ1v) is 8.60. The number of aliphatic hydroxyl groups is 2. The number of hydrogen-bond acceptors (Lipinski definition) is 4. The lowest BCUT2D eigenvalue weighted by Gasteiger charge is -2.24. The monoisotopic (exact) mass is 391 g/mol. The first-order valence-electron chi connectivity index (χ1n) is 7.84. The number of nitrogens with zero attached hydrogens (tertiary/aromatic N) is 1. The van der Waals surface area contributed by atoms with Gasteiger partial charge in [0.2, 0.25) is 0 Å². The van der Waals surface area contributed by atoms with Crippen LogP contribution < -0.4 is 0 Å². The van der Waals surface area contributed by atoms with Crippen LogP contribution in [0.5, 0.6) is 0 Å². The topological polar surface area (TPSA) is 77.8 Å². The minimum atomic E-state index is -0.810. The molecule has 1 heterocycles. The summed E-state index contributed by atoms with van der Waals surface area (Å²) in [5.41, 5.74) is 0.945. The third-order valence-corrected chi connectivity index (χ3v) is 4.69. The summed E-state index contributed by atoms with van der Waals surface area (Å²) >= 11 is 11.8. The van der Waals surface area contributed by atoms with E-state index in [2.05, 4.69) is 0 Å². The van der Waals surface area contributed by atoms with Crippen molar-refractivity contribution < 1.29 is 19.8 Å². The average Bonchev–Trinajstić information content (AvgIpc) is 2.88. The maximum atomic E-state index is 12.6. The molecule has 2 aromatic rings. The van der Waals surface area contributed by atoms with E-state index in [4.69, 9.17) is 23.2 Å². The summed E-state index contributed by atoms with van der Waals surface area (Å²) in [6.07, 6.45) is 0. The number of rotatable bonds is 4. The highest BCUT2D eigenvalue weighted by Gasteiger charge is 2.45. The summed E-state index contributed by atoms with van der Waals surface area (Å²) in [6, 6.07) is 12.1. The molecule has 26 heavy (non-hydrogen) atoms. The zero-order chi connectivity index (χ0) is 18.8. The molecule has 1 unspecified atom stereocenters. The molecular weight excluding hydrogens is 377 g/mol. The van der Waals surface area contributed by atoms with Gasteiger partial charge < -0.3 is 15.1 Å². The highest BCUT2D eigenvalue weighted by molar-refractivity contribution is 6.46. The lowest BCUT2D eigenvalue weighted by molar-refractivity contribution is -0.140. The second-order valence-electron chi connectivity index (χ2n) is 5.77. The molecule has 1 fully saturated rings. The first kappa shape index (κ1) is 18.5. The van der Waals surface area contributed by atoms with Crippen LogP contribution in [0.15, 0.2) is 54.1 Å². The van der Waals surface area contributed by atoms with E-state index < -0.39 is 17.7 Å². The van der Waals surface area contributed by atoms with Crippen LogP contribution in [0.2, 0.25) is 10.0 Å². The van der Waals surface area contributed by atoms with Gasteiger partial charge in [-0.3, -0.25) is 9.59 Å². The standard InChI is InChI=1S/C19H15Cl2NO4/c20-13-5-1-11(2-6-13)16-15(18(25)19(26)22(16)9-10-23)17(24)12-3-7-14(21)8-4-12/h1-8,16,23-24H,9-10H2/b17-15-. The molecule has 1 atom stereocenters. The third kappa shape index (κ3) is 3.33. The lowest BCUT2D eigenvalue weighted by atomic mass is 9.95. The van der Waals surface area contributed by atoms with E-state index in [0.717, 1.165) is 0 Å².